The fraction of sp³-hybridized carbons (Fsp3) is 0.667. The largest absolute Gasteiger partial charge is 0.492 e. The predicted molar refractivity (Wildman–Crippen MR) is 91.3 cm³/mol. The summed E-state index contributed by atoms with van der Waals surface area (Å²) < 4.78 is 5.94. The first-order chi connectivity index (χ1) is 10.2. The number of nitrogens with zero attached hydrogens (tertiary/aromatic N) is 1. The van der Waals surface area contributed by atoms with Crippen molar-refractivity contribution in [3.8, 4) is 5.75 Å². The van der Waals surface area contributed by atoms with Crippen LogP contribution in [0.3, 0.4) is 0 Å². The van der Waals surface area contributed by atoms with E-state index in [1.807, 2.05) is 0 Å². The molecule has 1 unspecified atom stereocenters. The van der Waals surface area contributed by atoms with Gasteiger partial charge in [-0.25, -0.2) is 0 Å². The third-order valence-electron chi connectivity index (χ3n) is 4.10. The van der Waals surface area contributed by atoms with E-state index in [2.05, 4.69) is 62.2 Å². The molecule has 1 N–H and O–H groups in total. The minimum Gasteiger partial charge on any atom is -0.492 e. The number of hydrogen-bond donors (Lipinski definition) is 1. The maximum absolute atomic E-state index is 5.94. The zero-order valence-electron chi connectivity index (χ0n) is 14.2. The molecule has 0 aromatic heterocycles. The molecular weight excluding hydrogens is 260 g/mol. The van der Waals surface area contributed by atoms with E-state index in [4.69, 9.17) is 4.74 Å². The van der Waals surface area contributed by atoms with Gasteiger partial charge in [0, 0.05) is 19.6 Å². The number of nitrogens with one attached hydrogen (secondary N) is 1. The van der Waals surface area contributed by atoms with Crippen LogP contribution in [0.4, 0.5) is 0 Å². The van der Waals surface area contributed by atoms with Gasteiger partial charge in [-0.05, 0) is 37.1 Å². The summed E-state index contributed by atoms with van der Waals surface area (Å²) in [7, 11) is 0. The third-order valence-corrected chi connectivity index (χ3v) is 4.10. The summed E-state index contributed by atoms with van der Waals surface area (Å²) >= 11 is 0. The minimum absolute atomic E-state index is 0.553. The lowest BCUT2D eigenvalue weighted by molar-refractivity contribution is 0.284. The first-order valence-corrected chi connectivity index (χ1v) is 8.37. The normalized spacial score (nSPS) is 12.6. The second kappa shape index (κ2) is 10.6. The van der Waals surface area contributed by atoms with E-state index in [-0.39, 0.29) is 0 Å². The van der Waals surface area contributed by atoms with Crippen LogP contribution in [0.5, 0.6) is 5.75 Å². The highest BCUT2D eigenvalue weighted by atomic mass is 16.5. The summed E-state index contributed by atoms with van der Waals surface area (Å²) in [5.74, 6) is 1.59. The van der Waals surface area contributed by atoms with E-state index >= 15 is 0 Å². The van der Waals surface area contributed by atoms with Gasteiger partial charge in [-0.15, -0.1) is 0 Å². The van der Waals surface area contributed by atoms with Crippen molar-refractivity contribution in [3.05, 3.63) is 29.8 Å². The second-order valence-corrected chi connectivity index (χ2v) is 5.47. The molecule has 3 heteroatoms. The molecule has 0 heterocycles. The van der Waals surface area contributed by atoms with Gasteiger partial charge in [0.2, 0.25) is 0 Å². The molecule has 21 heavy (non-hydrogen) atoms. The number of ether oxygens (including phenoxy) is 1. The quantitative estimate of drug-likeness (QED) is 0.632. The Bertz CT molecular complexity index is 377. The summed E-state index contributed by atoms with van der Waals surface area (Å²) in [6.07, 6.45) is 1.14. The average Bonchev–Trinajstić information content (AvgIpc) is 2.54. The standard InChI is InChI=1S/C18H32N2O/c1-5-16(4)17-10-8-9-11-18(17)21-15-13-19-12-14-20(6-2)7-3/h8-11,16,19H,5-7,12-15H2,1-4H3. The number of rotatable bonds is 11. The van der Waals surface area contributed by atoms with Gasteiger partial charge in [0.25, 0.3) is 0 Å². The summed E-state index contributed by atoms with van der Waals surface area (Å²) in [6, 6.07) is 8.40. The molecule has 0 amide bonds. The van der Waals surface area contributed by atoms with Crippen LogP contribution in [0.2, 0.25) is 0 Å². The van der Waals surface area contributed by atoms with Crippen molar-refractivity contribution in [1.29, 1.82) is 0 Å². The van der Waals surface area contributed by atoms with E-state index in [9.17, 15) is 0 Å². The minimum atomic E-state index is 0.553. The lowest BCUT2D eigenvalue weighted by Crippen LogP contribution is -2.33. The summed E-state index contributed by atoms with van der Waals surface area (Å²) in [5.41, 5.74) is 1.32. The zero-order chi connectivity index (χ0) is 15.5. The molecule has 0 saturated carbocycles. The van der Waals surface area contributed by atoms with Gasteiger partial charge in [0.05, 0.1) is 0 Å². The molecule has 0 aliphatic carbocycles. The van der Waals surface area contributed by atoms with Crippen LogP contribution in [0.15, 0.2) is 24.3 Å². The van der Waals surface area contributed by atoms with E-state index in [1.165, 1.54) is 5.56 Å². The molecule has 0 aliphatic heterocycles. The van der Waals surface area contributed by atoms with Gasteiger partial charge < -0.3 is 15.0 Å². The highest BCUT2D eigenvalue weighted by Gasteiger charge is 2.09. The summed E-state index contributed by atoms with van der Waals surface area (Å²) in [4.78, 5) is 2.42. The molecule has 0 spiro atoms. The van der Waals surface area contributed by atoms with Gasteiger partial charge in [-0.1, -0.05) is 45.9 Å². The molecule has 1 aromatic carbocycles. The Labute approximate surface area is 130 Å². The first-order valence-electron chi connectivity index (χ1n) is 8.37. The number of hydrogen-bond acceptors (Lipinski definition) is 3. The van der Waals surface area contributed by atoms with Crippen LogP contribution in [0.25, 0.3) is 0 Å². The monoisotopic (exact) mass is 292 g/mol. The average molecular weight is 292 g/mol. The zero-order valence-corrected chi connectivity index (χ0v) is 14.2. The molecule has 120 valence electrons. The van der Waals surface area contributed by atoms with Gasteiger partial charge in [0.15, 0.2) is 0 Å². The van der Waals surface area contributed by atoms with Crippen LogP contribution in [-0.2, 0) is 0 Å². The second-order valence-electron chi connectivity index (χ2n) is 5.47. The SMILES string of the molecule is CCC(C)c1ccccc1OCCNCCN(CC)CC. The van der Waals surface area contributed by atoms with Crippen LogP contribution >= 0.6 is 0 Å². The Morgan fingerprint density at radius 2 is 1.81 bits per heavy atom. The van der Waals surface area contributed by atoms with Gasteiger partial charge in [0.1, 0.15) is 12.4 Å². The van der Waals surface area contributed by atoms with E-state index in [0.717, 1.165) is 51.5 Å². The van der Waals surface area contributed by atoms with E-state index in [1.54, 1.807) is 0 Å². The van der Waals surface area contributed by atoms with E-state index < -0.39 is 0 Å². The third kappa shape index (κ3) is 6.49. The lowest BCUT2D eigenvalue weighted by Gasteiger charge is -2.18. The molecule has 0 fully saturated rings. The highest BCUT2D eigenvalue weighted by molar-refractivity contribution is 5.35. The molecular formula is C18H32N2O. The summed E-state index contributed by atoms with van der Waals surface area (Å²) in [5, 5.41) is 3.45. The molecule has 0 bridgehead atoms. The smallest absolute Gasteiger partial charge is 0.122 e. The molecule has 1 aromatic rings. The van der Waals surface area contributed by atoms with Gasteiger partial charge in [-0.3, -0.25) is 0 Å². The van der Waals surface area contributed by atoms with E-state index in [0.29, 0.717) is 5.92 Å². The molecule has 0 aliphatic rings. The van der Waals surface area contributed by atoms with Crippen LogP contribution in [0, 0.1) is 0 Å². The van der Waals surface area contributed by atoms with Crippen LogP contribution in [-0.4, -0.2) is 44.2 Å². The Hall–Kier alpha value is -1.06. The summed E-state index contributed by atoms with van der Waals surface area (Å²) in [6.45, 7) is 14.9. The number of likely N-dealkylation sites (N-methyl/N-ethyl adjacent to an activating group) is 1. The Balaban J connectivity index is 2.27. The topological polar surface area (TPSA) is 24.5 Å². The fourth-order valence-corrected chi connectivity index (χ4v) is 2.37. The van der Waals surface area contributed by atoms with Crippen molar-refractivity contribution < 1.29 is 4.74 Å². The predicted octanol–water partition coefficient (Wildman–Crippen LogP) is 3.51. The van der Waals surface area contributed by atoms with Crippen molar-refractivity contribution in [2.75, 3.05) is 39.3 Å². The molecule has 1 rings (SSSR count). The Morgan fingerprint density at radius 1 is 1.10 bits per heavy atom. The number of benzene rings is 1. The van der Waals surface area contributed by atoms with Crippen molar-refractivity contribution in [2.24, 2.45) is 0 Å². The molecule has 3 nitrogen and oxygen atoms in total. The Kier molecular flexibility index (Phi) is 9.11. The lowest BCUT2D eigenvalue weighted by atomic mass is 9.98. The van der Waals surface area contributed by atoms with Crippen molar-refractivity contribution in [3.63, 3.8) is 0 Å². The van der Waals surface area contributed by atoms with Crippen LogP contribution in [0.1, 0.15) is 45.6 Å². The van der Waals surface area contributed by atoms with Crippen LogP contribution < -0.4 is 10.1 Å². The molecule has 0 radical (unpaired) electrons. The highest BCUT2D eigenvalue weighted by Crippen LogP contribution is 2.28. The van der Waals surface area contributed by atoms with Crippen molar-refractivity contribution >= 4 is 0 Å². The Morgan fingerprint density at radius 3 is 2.48 bits per heavy atom. The molecule has 0 saturated heterocycles. The van der Waals surface area contributed by atoms with Crippen molar-refractivity contribution in [2.45, 2.75) is 40.0 Å². The first kappa shape index (κ1) is 18.0. The molecule has 1 atom stereocenters. The number of para-hydroxylation sites is 1. The van der Waals surface area contributed by atoms with Gasteiger partial charge in [-0.2, -0.15) is 0 Å². The maximum atomic E-state index is 5.94. The maximum Gasteiger partial charge on any atom is 0.122 e. The van der Waals surface area contributed by atoms with Gasteiger partial charge >= 0.3 is 0 Å². The van der Waals surface area contributed by atoms with Crippen molar-refractivity contribution in [1.82, 2.24) is 10.2 Å². The fourth-order valence-electron chi connectivity index (χ4n) is 2.37.